The second kappa shape index (κ2) is 5.24. The van der Waals surface area contributed by atoms with Crippen LogP contribution < -0.4 is 5.32 Å². The van der Waals surface area contributed by atoms with Crippen LogP contribution in [0.3, 0.4) is 0 Å². The number of rotatable bonds is 3. The van der Waals surface area contributed by atoms with E-state index in [4.69, 9.17) is 10.00 Å². The maximum absolute atomic E-state index is 9.17. The topological polar surface area (TPSA) is 45.0 Å². The van der Waals surface area contributed by atoms with Crippen molar-refractivity contribution in [2.24, 2.45) is 0 Å². The summed E-state index contributed by atoms with van der Waals surface area (Å²) in [6.07, 6.45) is 2.99. The normalized spacial score (nSPS) is 19.4. The maximum Gasteiger partial charge on any atom is 0.102 e. The maximum atomic E-state index is 9.17. The third kappa shape index (κ3) is 2.31. The van der Waals surface area contributed by atoms with Crippen LogP contribution >= 0.6 is 11.8 Å². The molecule has 4 heteroatoms. The average molecular weight is 234 g/mol. The zero-order valence-electron chi connectivity index (χ0n) is 9.19. The third-order valence-corrected chi connectivity index (χ3v) is 3.43. The smallest absolute Gasteiger partial charge is 0.102 e. The summed E-state index contributed by atoms with van der Waals surface area (Å²) >= 11 is 1.60. The molecule has 0 radical (unpaired) electrons. The second-order valence-electron chi connectivity index (χ2n) is 3.70. The summed E-state index contributed by atoms with van der Waals surface area (Å²) in [5, 5.41) is 12.5. The van der Waals surface area contributed by atoms with Gasteiger partial charge < -0.3 is 10.1 Å². The molecule has 1 aromatic rings. The summed E-state index contributed by atoms with van der Waals surface area (Å²) in [5.41, 5.74) is 1.66. The molecule has 0 spiro atoms. The fraction of sp³-hybridized carbons (Fsp3) is 0.417. The molecule has 3 nitrogen and oxygen atoms in total. The minimum atomic E-state index is 0.337. The summed E-state index contributed by atoms with van der Waals surface area (Å²) in [6, 6.07) is 8.51. The first-order valence-corrected chi connectivity index (χ1v) is 6.49. The van der Waals surface area contributed by atoms with Gasteiger partial charge in [-0.1, -0.05) is 6.07 Å². The Labute approximate surface area is 99.8 Å². The van der Waals surface area contributed by atoms with Crippen molar-refractivity contribution in [2.75, 3.05) is 24.8 Å². The molecule has 1 atom stereocenters. The van der Waals surface area contributed by atoms with Crippen molar-refractivity contribution in [3.8, 4) is 6.07 Å². The van der Waals surface area contributed by atoms with Gasteiger partial charge in [0.25, 0.3) is 0 Å². The fourth-order valence-corrected chi connectivity index (χ4v) is 2.38. The Morgan fingerprint density at radius 1 is 1.56 bits per heavy atom. The number of anilines is 1. The molecule has 0 amide bonds. The Kier molecular flexibility index (Phi) is 3.70. The molecule has 1 saturated heterocycles. The molecule has 1 fully saturated rings. The Morgan fingerprint density at radius 2 is 2.44 bits per heavy atom. The minimum Gasteiger partial charge on any atom is -0.379 e. The number of hydrogen-bond acceptors (Lipinski definition) is 4. The van der Waals surface area contributed by atoms with E-state index in [0.29, 0.717) is 6.04 Å². The van der Waals surface area contributed by atoms with Crippen LogP contribution in [0, 0.1) is 11.3 Å². The highest BCUT2D eigenvalue weighted by atomic mass is 32.2. The van der Waals surface area contributed by atoms with Crippen LogP contribution in [0.15, 0.2) is 23.1 Å². The number of nitrogens with zero attached hydrogens (tertiary/aromatic N) is 1. The summed E-state index contributed by atoms with van der Waals surface area (Å²) < 4.78 is 5.31. The highest BCUT2D eigenvalue weighted by molar-refractivity contribution is 7.98. The Morgan fingerprint density at radius 3 is 3.06 bits per heavy atom. The molecular weight excluding hydrogens is 220 g/mol. The number of hydrogen-bond donors (Lipinski definition) is 1. The summed E-state index contributed by atoms with van der Waals surface area (Å²) in [4.78, 5) is 1.02. The molecule has 0 aromatic heterocycles. The van der Waals surface area contributed by atoms with E-state index >= 15 is 0 Å². The first-order chi connectivity index (χ1) is 7.85. The van der Waals surface area contributed by atoms with Crippen LogP contribution in [-0.4, -0.2) is 25.5 Å². The van der Waals surface area contributed by atoms with Gasteiger partial charge in [-0.05, 0) is 24.8 Å². The predicted octanol–water partition coefficient (Wildman–Crippen LogP) is 2.48. The van der Waals surface area contributed by atoms with E-state index in [1.54, 1.807) is 11.8 Å². The van der Waals surface area contributed by atoms with Gasteiger partial charge in [0.1, 0.15) is 6.07 Å². The van der Waals surface area contributed by atoms with Gasteiger partial charge in [0, 0.05) is 11.5 Å². The van der Waals surface area contributed by atoms with Crippen molar-refractivity contribution in [1.29, 1.82) is 5.26 Å². The zero-order chi connectivity index (χ0) is 11.4. The van der Waals surface area contributed by atoms with E-state index in [1.807, 2.05) is 24.5 Å². The van der Waals surface area contributed by atoms with Crippen molar-refractivity contribution in [3.63, 3.8) is 0 Å². The van der Waals surface area contributed by atoms with Crippen LogP contribution in [0.5, 0.6) is 0 Å². The Hall–Kier alpha value is -1.18. The number of thioether (sulfide) groups is 1. The summed E-state index contributed by atoms with van der Waals surface area (Å²) in [6.45, 7) is 1.54. The second-order valence-corrected chi connectivity index (χ2v) is 4.55. The molecule has 1 unspecified atom stereocenters. The van der Waals surface area contributed by atoms with E-state index in [1.165, 1.54) is 0 Å². The molecule has 0 bridgehead atoms. The molecule has 1 N–H and O–H groups in total. The first kappa shape index (κ1) is 11.3. The highest BCUT2D eigenvalue weighted by Crippen LogP contribution is 2.27. The van der Waals surface area contributed by atoms with E-state index in [0.717, 1.165) is 35.8 Å². The van der Waals surface area contributed by atoms with Gasteiger partial charge in [0.15, 0.2) is 0 Å². The summed E-state index contributed by atoms with van der Waals surface area (Å²) in [7, 11) is 0. The summed E-state index contributed by atoms with van der Waals surface area (Å²) in [5.74, 6) is 0. The van der Waals surface area contributed by atoms with Gasteiger partial charge >= 0.3 is 0 Å². The highest BCUT2D eigenvalue weighted by Gasteiger charge is 2.17. The van der Waals surface area contributed by atoms with Crippen LogP contribution in [0.1, 0.15) is 12.0 Å². The molecule has 1 heterocycles. The molecule has 0 saturated carbocycles. The monoisotopic (exact) mass is 234 g/mol. The lowest BCUT2D eigenvalue weighted by atomic mass is 10.1. The minimum absolute atomic E-state index is 0.337. The van der Waals surface area contributed by atoms with Gasteiger partial charge in [-0.15, -0.1) is 11.8 Å². The Balaban J connectivity index is 2.22. The molecule has 2 rings (SSSR count). The molecule has 1 aliphatic rings. The van der Waals surface area contributed by atoms with Gasteiger partial charge in [-0.25, -0.2) is 0 Å². The van der Waals surface area contributed by atoms with Crippen LogP contribution in [0.25, 0.3) is 0 Å². The average Bonchev–Trinajstić information content (AvgIpc) is 2.81. The first-order valence-electron chi connectivity index (χ1n) is 5.26. The van der Waals surface area contributed by atoms with Crippen molar-refractivity contribution < 1.29 is 4.74 Å². The quantitative estimate of drug-likeness (QED) is 0.816. The van der Waals surface area contributed by atoms with E-state index < -0.39 is 0 Å². The molecule has 0 aliphatic carbocycles. The fourth-order valence-electron chi connectivity index (χ4n) is 1.81. The van der Waals surface area contributed by atoms with Gasteiger partial charge in [0.05, 0.1) is 23.9 Å². The van der Waals surface area contributed by atoms with Crippen molar-refractivity contribution in [3.05, 3.63) is 23.8 Å². The van der Waals surface area contributed by atoms with Crippen LogP contribution in [0.4, 0.5) is 5.69 Å². The third-order valence-electron chi connectivity index (χ3n) is 2.65. The standard InChI is InChI=1S/C12H14N2OS/c1-16-12-4-2-3-11(10(12)7-13)14-9-5-6-15-8-9/h2-4,9,14H,5-6,8H2,1H3. The lowest BCUT2D eigenvalue weighted by Crippen LogP contribution is -2.19. The number of nitriles is 1. The van der Waals surface area contributed by atoms with E-state index in [-0.39, 0.29) is 0 Å². The predicted molar refractivity (Wildman–Crippen MR) is 65.8 cm³/mol. The van der Waals surface area contributed by atoms with E-state index in [2.05, 4.69) is 11.4 Å². The van der Waals surface area contributed by atoms with Crippen molar-refractivity contribution >= 4 is 17.4 Å². The van der Waals surface area contributed by atoms with Gasteiger partial charge in [-0.3, -0.25) is 0 Å². The van der Waals surface area contributed by atoms with Crippen LogP contribution in [0.2, 0.25) is 0 Å². The lowest BCUT2D eigenvalue weighted by Gasteiger charge is -2.14. The van der Waals surface area contributed by atoms with Crippen molar-refractivity contribution in [1.82, 2.24) is 0 Å². The largest absolute Gasteiger partial charge is 0.379 e. The molecular formula is C12H14N2OS. The zero-order valence-corrected chi connectivity index (χ0v) is 10.0. The molecule has 1 aromatic carbocycles. The number of benzene rings is 1. The SMILES string of the molecule is CSc1cccc(NC2CCOC2)c1C#N. The Bertz CT molecular complexity index is 408. The molecule has 16 heavy (non-hydrogen) atoms. The molecule has 84 valence electrons. The van der Waals surface area contributed by atoms with Crippen molar-refractivity contribution in [2.45, 2.75) is 17.4 Å². The van der Waals surface area contributed by atoms with E-state index in [9.17, 15) is 0 Å². The number of ether oxygens (including phenoxy) is 1. The van der Waals surface area contributed by atoms with Gasteiger partial charge in [-0.2, -0.15) is 5.26 Å². The molecule has 1 aliphatic heterocycles. The van der Waals surface area contributed by atoms with Crippen LogP contribution in [-0.2, 0) is 4.74 Å². The van der Waals surface area contributed by atoms with Gasteiger partial charge in [0.2, 0.25) is 0 Å². The lowest BCUT2D eigenvalue weighted by molar-refractivity contribution is 0.195. The number of nitrogens with one attached hydrogen (secondary N) is 1.